The molecule has 0 saturated heterocycles. The van der Waals surface area contributed by atoms with Gasteiger partial charge in [-0.15, -0.1) is 0 Å². The lowest BCUT2D eigenvalue weighted by atomic mass is 10.0. The molecule has 3 aromatic rings. The number of aromatic hydroxyl groups is 1. The number of hydrogen-bond donors (Lipinski definition) is 2. The third-order valence-corrected chi connectivity index (χ3v) is 4.28. The summed E-state index contributed by atoms with van der Waals surface area (Å²) in [5.41, 5.74) is 2.13. The maximum absolute atomic E-state index is 12.9. The standard InChI is InChI=1S/C21H23NO4/c1-13(2)10-22-11-17-19(23)9-8-16-20(24)18(12-26-21(16)17)14-4-6-15(25-3)7-5-14/h4-9,12-13,22-23H,10-11H2,1-3H3. The van der Waals surface area contributed by atoms with E-state index in [1.807, 2.05) is 12.1 Å². The Balaban J connectivity index is 2.03. The van der Waals surface area contributed by atoms with E-state index in [9.17, 15) is 9.90 Å². The summed E-state index contributed by atoms with van der Waals surface area (Å²) >= 11 is 0. The Bertz CT molecular complexity index is 958. The van der Waals surface area contributed by atoms with Crippen LogP contribution in [0.3, 0.4) is 0 Å². The van der Waals surface area contributed by atoms with E-state index in [0.29, 0.717) is 34.6 Å². The number of phenols is 1. The lowest BCUT2D eigenvalue weighted by Gasteiger charge is -2.11. The minimum absolute atomic E-state index is 0.120. The average Bonchev–Trinajstić information content (AvgIpc) is 2.64. The smallest absolute Gasteiger partial charge is 0.200 e. The van der Waals surface area contributed by atoms with Crippen molar-refractivity contribution in [2.45, 2.75) is 20.4 Å². The molecule has 26 heavy (non-hydrogen) atoms. The quantitative estimate of drug-likeness (QED) is 0.703. The van der Waals surface area contributed by atoms with Crippen LogP contribution in [0.2, 0.25) is 0 Å². The first-order valence-electron chi connectivity index (χ1n) is 8.62. The van der Waals surface area contributed by atoms with Gasteiger partial charge in [-0.25, -0.2) is 0 Å². The molecular weight excluding hydrogens is 330 g/mol. The minimum Gasteiger partial charge on any atom is -0.507 e. The molecule has 0 amide bonds. The van der Waals surface area contributed by atoms with Gasteiger partial charge < -0.3 is 19.6 Å². The van der Waals surface area contributed by atoms with E-state index in [0.717, 1.165) is 17.9 Å². The van der Waals surface area contributed by atoms with Gasteiger partial charge in [0.2, 0.25) is 5.43 Å². The predicted octanol–water partition coefficient (Wildman–Crippen LogP) is 3.92. The van der Waals surface area contributed by atoms with Gasteiger partial charge >= 0.3 is 0 Å². The van der Waals surface area contributed by atoms with Crippen LogP contribution in [0.25, 0.3) is 22.1 Å². The molecule has 0 aliphatic heterocycles. The summed E-state index contributed by atoms with van der Waals surface area (Å²) in [6.45, 7) is 5.46. The highest BCUT2D eigenvalue weighted by Gasteiger charge is 2.15. The summed E-state index contributed by atoms with van der Waals surface area (Å²) in [5.74, 6) is 1.33. The number of nitrogens with one attached hydrogen (secondary N) is 1. The Morgan fingerprint density at radius 1 is 1.15 bits per heavy atom. The Hall–Kier alpha value is -2.79. The molecule has 1 heterocycles. The number of methoxy groups -OCH3 is 1. The van der Waals surface area contributed by atoms with Crippen LogP contribution in [-0.4, -0.2) is 18.8 Å². The summed E-state index contributed by atoms with van der Waals surface area (Å²) in [6.07, 6.45) is 1.46. The molecule has 3 rings (SSSR count). The molecule has 136 valence electrons. The lowest BCUT2D eigenvalue weighted by molar-refractivity contribution is 0.415. The second-order valence-electron chi connectivity index (χ2n) is 6.67. The molecule has 2 N–H and O–H groups in total. The Morgan fingerprint density at radius 2 is 1.88 bits per heavy atom. The van der Waals surface area contributed by atoms with Crippen LogP contribution < -0.4 is 15.5 Å². The Kier molecular flexibility index (Phi) is 5.28. The van der Waals surface area contributed by atoms with Gasteiger partial charge in [-0.3, -0.25) is 4.79 Å². The molecule has 0 aliphatic carbocycles. The monoisotopic (exact) mass is 353 g/mol. The normalized spacial score (nSPS) is 11.2. The summed E-state index contributed by atoms with van der Waals surface area (Å²) in [7, 11) is 1.60. The van der Waals surface area contributed by atoms with Crippen LogP contribution in [0, 0.1) is 5.92 Å². The van der Waals surface area contributed by atoms with Crippen molar-refractivity contribution >= 4 is 11.0 Å². The molecule has 0 spiro atoms. The molecule has 0 atom stereocenters. The molecule has 5 nitrogen and oxygen atoms in total. The first kappa shape index (κ1) is 18.0. The second-order valence-corrected chi connectivity index (χ2v) is 6.67. The van der Waals surface area contributed by atoms with Gasteiger partial charge in [-0.05, 0) is 42.3 Å². The van der Waals surface area contributed by atoms with Gasteiger partial charge in [0.15, 0.2) is 0 Å². The van der Waals surface area contributed by atoms with Crippen LogP contribution in [0.4, 0.5) is 0 Å². The zero-order chi connectivity index (χ0) is 18.7. The average molecular weight is 353 g/mol. The van der Waals surface area contributed by atoms with E-state index in [-0.39, 0.29) is 11.2 Å². The van der Waals surface area contributed by atoms with Crippen molar-refractivity contribution in [2.75, 3.05) is 13.7 Å². The van der Waals surface area contributed by atoms with Crippen molar-refractivity contribution in [3.8, 4) is 22.6 Å². The van der Waals surface area contributed by atoms with Crippen molar-refractivity contribution in [3.05, 3.63) is 58.4 Å². The van der Waals surface area contributed by atoms with Crippen LogP contribution in [0.1, 0.15) is 19.4 Å². The van der Waals surface area contributed by atoms with Crippen LogP contribution in [0.5, 0.6) is 11.5 Å². The van der Waals surface area contributed by atoms with Crippen molar-refractivity contribution < 1.29 is 14.3 Å². The molecule has 5 heteroatoms. The number of benzene rings is 2. The Morgan fingerprint density at radius 3 is 2.54 bits per heavy atom. The molecule has 0 unspecified atom stereocenters. The van der Waals surface area contributed by atoms with Gasteiger partial charge in [0.25, 0.3) is 0 Å². The minimum atomic E-state index is -0.124. The first-order chi connectivity index (χ1) is 12.5. The highest BCUT2D eigenvalue weighted by molar-refractivity contribution is 5.85. The third-order valence-electron chi connectivity index (χ3n) is 4.28. The maximum Gasteiger partial charge on any atom is 0.200 e. The van der Waals surface area contributed by atoms with E-state index in [1.54, 1.807) is 31.4 Å². The number of hydrogen-bond acceptors (Lipinski definition) is 5. The maximum atomic E-state index is 12.9. The van der Waals surface area contributed by atoms with Crippen LogP contribution in [-0.2, 0) is 6.54 Å². The zero-order valence-corrected chi connectivity index (χ0v) is 15.2. The zero-order valence-electron chi connectivity index (χ0n) is 15.2. The second kappa shape index (κ2) is 7.62. The van der Waals surface area contributed by atoms with Gasteiger partial charge in [-0.2, -0.15) is 0 Å². The third kappa shape index (κ3) is 3.58. The van der Waals surface area contributed by atoms with E-state index in [4.69, 9.17) is 9.15 Å². The molecule has 1 aromatic heterocycles. The molecule has 0 radical (unpaired) electrons. The largest absolute Gasteiger partial charge is 0.507 e. The molecular formula is C21H23NO4. The van der Waals surface area contributed by atoms with Crippen molar-refractivity contribution in [2.24, 2.45) is 5.92 Å². The SMILES string of the molecule is COc1ccc(-c2coc3c(CNCC(C)C)c(O)ccc3c2=O)cc1. The Labute approximate surface area is 152 Å². The summed E-state index contributed by atoms with van der Waals surface area (Å²) in [5, 5.41) is 13.9. The summed E-state index contributed by atoms with van der Waals surface area (Å²) in [4.78, 5) is 12.9. The van der Waals surface area contributed by atoms with E-state index < -0.39 is 0 Å². The van der Waals surface area contributed by atoms with Gasteiger partial charge in [0.05, 0.1) is 23.6 Å². The van der Waals surface area contributed by atoms with E-state index in [1.165, 1.54) is 6.26 Å². The van der Waals surface area contributed by atoms with Crippen LogP contribution in [0.15, 0.2) is 51.9 Å². The first-order valence-corrected chi connectivity index (χ1v) is 8.62. The topological polar surface area (TPSA) is 71.7 Å². The number of phenolic OH excluding ortho intramolecular Hbond substituents is 1. The highest BCUT2D eigenvalue weighted by atomic mass is 16.5. The van der Waals surface area contributed by atoms with Gasteiger partial charge in [0, 0.05) is 6.54 Å². The van der Waals surface area contributed by atoms with Gasteiger partial charge in [-0.1, -0.05) is 26.0 Å². The fourth-order valence-corrected chi connectivity index (χ4v) is 2.87. The molecule has 0 saturated carbocycles. The molecule has 0 bridgehead atoms. The summed E-state index contributed by atoms with van der Waals surface area (Å²) < 4.78 is 10.9. The highest BCUT2D eigenvalue weighted by Crippen LogP contribution is 2.28. The molecule has 0 aliphatic rings. The lowest BCUT2D eigenvalue weighted by Crippen LogP contribution is -2.19. The van der Waals surface area contributed by atoms with E-state index >= 15 is 0 Å². The van der Waals surface area contributed by atoms with Crippen molar-refractivity contribution in [1.82, 2.24) is 5.32 Å². The number of rotatable bonds is 6. The van der Waals surface area contributed by atoms with Crippen molar-refractivity contribution in [3.63, 3.8) is 0 Å². The molecule has 0 fully saturated rings. The van der Waals surface area contributed by atoms with Gasteiger partial charge in [0.1, 0.15) is 23.3 Å². The van der Waals surface area contributed by atoms with Crippen molar-refractivity contribution in [1.29, 1.82) is 0 Å². The van der Waals surface area contributed by atoms with E-state index in [2.05, 4.69) is 19.2 Å². The molecule has 2 aromatic carbocycles. The fraction of sp³-hybridized carbons (Fsp3) is 0.286. The fourth-order valence-electron chi connectivity index (χ4n) is 2.87. The predicted molar refractivity (Wildman–Crippen MR) is 103 cm³/mol. The summed E-state index contributed by atoms with van der Waals surface area (Å²) in [6, 6.07) is 10.4. The van der Waals surface area contributed by atoms with Crippen LogP contribution >= 0.6 is 0 Å². The number of ether oxygens (including phenoxy) is 1. The number of fused-ring (bicyclic) bond motifs is 1.